The van der Waals surface area contributed by atoms with Crippen LogP contribution in [0.4, 0.5) is 0 Å². The summed E-state index contributed by atoms with van der Waals surface area (Å²) >= 11 is 0. The molecule has 0 bridgehead atoms. The molecule has 0 atom stereocenters. The molecule has 0 aliphatic heterocycles. The van der Waals surface area contributed by atoms with Gasteiger partial charge in [0.05, 0.1) is 0 Å². The molecule has 0 saturated carbocycles. The second-order valence-electron chi connectivity index (χ2n) is 2.30. The molecule has 0 amide bonds. The van der Waals surface area contributed by atoms with Crippen LogP contribution in [0.2, 0.25) is 0 Å². The molecule has 0 aromatic carbocycles. The van der Waals surface area contributed by atoms with Crippen molar-refractivity contribution in [3.05, 3.63) is 0 Å². The molecule has 0 aliphatic rings. The molecule has 12 heavy (non-hydrogen) atoms. The minimum absolute atomic E-state index is 0.0771. The summed E-state index contributed by atoms with van der Waals surface area (Å²) in [5.41, 5.74) is 0. The molecule has 0 heterocycles. The van der Waals surface area contributed by atoms with Gasteiger partial charge in [-0.15, -0.1) is 0 Å². The van der Waals surface area contributed by atoms with E-state index < -0.39 is 11.9 Å². The highest BCUT2D eigenvalue weighted by Gasteiger charge is 2.10. The number of carboxylic acids is 2. The van der Waals surface area contributed by atoms with Gasteiger partial charge < -0.3 is 10.2 Å². The quantitative estimate of drug-likeness (QED) is 0.682. The topological polar surface area (TPSA) is 74.6 Å². The zero-order chi connectivity index (χ0) is 10.1. The summed E-state index contributed by atoms with van der Waals surface area (Å²) in [6, 6.07) is 0. The third-order valence-corrected chi connectivity index (χ3v) is 1.05. The number of rotatable bonds is 4. The van der Waals surface area contributed by atoms with Crippen LogP contribution in [0.15, 0.2) is 0 Å². The van der Waals surface area contributed by atoms with Gasteiger partial charge in [0.2, 0.25) is 0 Å². The zero-order valence-electron chi connectivity index (χ0n) is 7.70. The average molecular weight is 176 g/mol. The molecule has 4 nitrogen and oxygen atoms in total. The number of carbonyl (C=O) groups is 2. The Balaban J connectivity index is 0. The van der Waals surface area contributed by atoms with E-state index in [1.54, 1.807) is 6.92 Å². The van der Waals surface area contributed by atoms with Crippen LogP contribution >= 0.6 is 0 Å². The molecular formula is C8H16O4. The van der Waals surface area contributed by atoms with Crippen molar-refractivity contribution >= 4 is 11.9 Å². The van der Waals surface area contributed by atoms with Gasteiger partial charge in [-0.1, -0.05) is 20.8 Å². The molecule has 0 aromatic heterocycles. The lowest BCUT2D eigenvalue weighted by Gasteiger charge is -2.02. The van der Waals surface area contributed by atoms with Crippen molar-refractivity contribution in [3.63, 3.8) is 0 Å². The van der Waals surface area contributed by atoms with Crippen LogP contribution in [-0.4, -0.2) is 22.2 Å². The largest absolute Gasteiger partial charge is 0.481 e. The van der Waals surface area contributed by atoms with Crippen molar-refractivity contribution in [2.45, 2.75) is 33.6 Å². The van der Waals surface area contributed by atoms with Gasteiger partial charge in [0.1, 0.15) is 0 Å². The Kier molecular flexibility index (Phi) is 9.06. The van der Waals surface area contributed by atoms with Crippen LogP contribution in [0, 0.1) is 5.92 Å². The Morgan fingerprint density at radius 2 is 1.33 bits per heavy atom. The SMILES string of the molecule is CC.CC(CC(=O)O)CC(=O)O. The van der Waals surface area contributed by atoms with Gasteiger partial charge >= 0.3 is 11.9 Å². The zero-order valence-corrected chi connectivity index (χ0v) is 7.70. The number of hydrogen-bond donors (Lipinski definition) is 2. The van der Waals surface area contributed by atoms with Crippen LogP contribution in [0.3, 0.4) is 0 Å². The lowest BCUT2D eigenvalue weighted by molar-refractivity contribution is -0.140. The van der Waals surface area contributed by atoms with E-state index in [4.69, 9.17) is 10.2 Å². The fourth-order valence-electron chi connectivity index (χ4n) is 0.668. The van der Waals surface area contributed by atoms with E-state index >= 15 is 0 Å². The van der Waals surface area contributed by atoms with Crippen LogP contribution in [0.1, 0.15) is 33.6 Å². The van der Waals surface area contributed by atoms with E-state index in [2.05, 4.69) is 0 Å². The summed E-state index contributed by atoms with van der Waals surface area (Å²) in [5.74, 6) is -2.18. The van der Waals surface area contributed by atoms with Crippen molar-refractivity contribution in [3.8, 4) is 0 Å². The fourth-order valence-corrected chi connectivity index (χ4v) is 0.668. The van der Waals surface area contributed by atoms with Gasteiger partial charge in [-0.25, -0.2) is 0 Å². The minimum atomic E-state index is -0.950. The van der Waals surface area contributed by atoms with Crippen molar-refractivity contribution in [1.29, 1.82) is 0 Å². The predicted octanol–water partition coefficient (Wildman–Crippen LogP) is 1.60. The maximum absolute atomic E-state index is 10.00. The summed E-state index contributed by atoms with van der Waals surface area (Å²) in [6.45, 7) is 5.60. The lowest BCUT2D eigenvalue weighted by Crippen LogP contribution is -2.08. The highest BCUT2D eigenvalue weighted by molar-refractivity contribution is 5.70. The van der Waals surface area contributed by atoms with Crippen molar-refractivity contribution in [2.75, 3.05) is 0 Å². The van der Waals surface area contributed by atoms with Gasteiger partial charge in [0, 0.05) is 12.8 Å². The van der Waals surface area contributed by atoms with E-state index in [9.17, 15) is 9.59 Å². The predicted molar refractivity (Wildman–Crippen MR) is 45.0 cm³/mol. The van der Waals surface area contributed by atoms with E-state index in [0.717, 1.165) is 0 Å². The van der Waals surface area contributed by atoms with Gasteiger partial charge in [-0.05, 0) is 5.92 Å². The van der Waals surface area contributed by atoms with Gasteiger partial charge in [-0.2, -0.15) is 0 Å². The van der Waals surface area contributed by atoms with Crippen molar-refractivity contribution < 1.29 is 19.8 Å². The van der Waals surface area contributed by atoms with Crippen LogP contribution in [-0.2, 0) is 9.59 Å². The van der Waals surface area contributed by atoms with Crippen molar-refractivity contribution in [1.82, 2.24) is 0 Å². The third kappa shape index (κ3) is 11.7. The Hall–Kier alpha value is -1.06. The first-order chi connectivity index (χ1) is 5.52. The van der Waals surface area contributed by atoms with Crippen molar-refractivity contribution in [2.24, 2.45) is 5.92 Å². The number of carboxylic acid groups (broad SMARTS) is 2. The van der Waals surface area contributed by atoms with Crippen LogP contribution < -0.4 is 0 Å². The molecule has 2 N–H and O–H groups in total. The normalized spacial score (nSPS) is 8.67. The molecule has 0 aromatic rings. The maximum atomic E-state index is 10.00. The Labute approximate surface area is 72.2 Å². The van der Waals surface area contributed by atoms with E-state index in [0.29, 0.717) is 0 Å². The summed E-state index contributed by atoms with van der Waals surface area (Å²) < 4.78 is 0. The summed E-state index contributed by atoms with van der Waals surface area (Å²) in [5, 5.41) is 16.4. The van der Waals surface area contributed by atoms with Gasteiger partial charge in [-0.3, -0.25) is 9.59 Å². The summed E-state index contributed by atoms with van der Waals surface area (Å²) in [6.07, 6.45) is -0.154. The van der Waals surface area contributed by atoms with Crippen LogP contribution in [0.5, 0.6) is 0 Å². The lowest BCUT2D eigenvalue weighted by atomic mass is 10.1. The minimum Gasteiger partial charge on any atom is -0.481 e. The molecule has 0 rings (SSSR count). The average Bonchev–Trinajstić information content (AvgIpc) is 1.87. The Morgan fingerprint density at radius 1 is 1.08 bits per heavy atom. The summed E-state index contributed by atoms with van der Waals surface area (Å²) in [4.78, 5) is 20.0. The molecular weight excluding hydrogens is 160 g/mol. The highest BCUT2D eigenvalue weighted by Crippen LogP contribution is 2.06. The van der Waals surface area contributed by atoms with E-state index in [1.165, 1.54) is 0 Å². The van der Waals surface area contributed by atoms with Crippen LogP contribution in [0.25, 0.3) is 0 Å². The smallest absolute Gasteiger partial charge is 0.303 e. The third-order valence-electron chi connectivity index (χ3n) is 1.05. The Morgan fingerprint density at radius 3 is 1.50 bits per heavy atom. The number of aliphatic carboxylic acids is 2. The molecule has 0 saturated heterocycles. The molecule has 0 unspecified atom stereocenters. The Bertz CT molecular complexity index is 126. The van der Waals surface area contributed by atoms with E-state index in [1.807, 2.05) is 13.8 Å². The summed E-state index contributed by atoms with van der Waals surface area (Å²) in [7, 11) is 0. The first-order valence-corrected chi connectivity index (χ1v) is 3.96. The molecule has 4 heteroatoms. The number of hydrogen-bond acceptors (Lipinski definition) is 2. The standard InChI is InChI=1S/C6H10O4.C2H6/c1-4(2-5(7)8)3-6(9)10;1-2/h4H,2-3H2,1H3,(H,7,8)(H,9,10);1-2H3. The molecule has 72 valence electrons. The molecule has 0 aliphatic carbocycles. The second kappa shape index (κ2) is 8.04. The second-order valence-corrected chi connectivity index (χ2v) is 2.30. The monoisotopic (exact) mass is 176 g/mol. The van der Waals surface area contributed by atoms with Gasteiger partial charge in [0.15, 0.2) is 0 Å². The van der Waals surface area contributed by atoms with Gasteiger partial charge in [0.25, 0.3) is 0 Å². The first kappa shape index (κ1) is 13.5. The maximum Gasteiger partial charge on any atom is 0.303 e. The molecule has 0 spiro atoms. The van der Waals surface area contributed by atoms with E-state index in [-0.39, 0.29) is 18.8 Å². The fraction of sp³-hybridized carbons (Fsp3) is 0.750. The molecule has 0 fully saturated rings. The first-order valence-electron chi connectivity index (χ1n) is 3.96. The highest BCUT2D eigenvalue weighted by atomic mass is 16.4. The molecule has 0 radical (unpaired) electrons.